The molecule has 2 rings (SSSR count). The lowest BCUT2D eigenvalue weighted by Gasteiger charge is -1.99. The van der Waals surface area contributed by atoms with Crippen LogP contribution in [0.25, 0.3) is 10.8 Å². The molecule has 0 unspecified atom stereocenters. The van der Waals surface area contributed by atoms with Crippen LogP contribution in [0, 0.1) is 0 Å². The number of benzene rings is 1. The van der Waals surface area contributed by atoms with Crippen molar-refractivity contribution in [2.75, 3.05) is 0 Å². The summed E-state index contributed by atoms with van der Waals surface area (Å²) < 4.78 is 0. The van der Waals surface area contributed by atoms with Crippen LogP contribution in [0.3, 0.4) is 0 Å². The van der Waals surface area contributed by atoms with Gasteiger partial charge in [-0.2, -0.15) is 0 Å². The Labute approximate surface area is 80.0 Å². The van der Waals surface area contributed by atoms with Gasteiger partial charge in [-0.05, 0) is 22.2 Å². The summed E-state index contributed by atoms with van der Waals surface area (Å²) in [4.78, 5) is 4.21. The van der Waals surface area contributed by atoms with Crippen molar-refractivity contribution in [3.05, 3.63) is 36.5 Å². The highest BCUT2D eigenvalue weighted by atomic mass is 33.1. The predicted octanol–water partition coefficient (Wildman–Crippen LogP) is 3.17. The third-order valence-corrected chi connectivity index (χ3v) is 2.74. The zero-order valence-corrected chi connectivity index (χ0v) is 7.98. The van der Waals surface area contributed by atoms with E-state index in [0.29, 0.717) is 0 Å². The van der Waals surface area contributed by atoms with Crippen molar-refractivity contribution >= 4 is 33.2 Å². The van der Waals surface area contributed by atoms with Gasteiger partial charge in [0.2, 0.25) is 0 Å². The first-order valence-corrected chi connectivity index (χ1v) is 5.44. The normalized spacial score (nSPS) is 10.4. The van der Waals surface area contributed by atoms with Crippen molar-refractivity contribution in [2.24, 2.45) is 0 Å². The van der Waals surface area contributed by atoms with Crippen LogP contribution < -0.4 is 0 Å². The molecule has 0 N–H and O–H groups in total. The first-order chi connectivity index (χ1) is 5.92. The molecular weight excluding hydrogens is 186 g/mol. The topological polar surface area (TPSA) is 12.9 Å². The summed E-state index contributed by atoms with van der Waals surface area (Å²) in [5.74, 6) is 0. The summed E-state index contributed by atoms with van der Waals surface area (Å²) in [6.45, 7) is 0. The maximum Gasteiger partial charge on any atom is 0.114 e. The van der Waals surface area contributed by atoms with E-state index in [-0.39, 0.29) is 0 Å². The summed E-state index contributed by atoms with van der Waals surface area (Å²) in [6.07, 6.45) is 1.81. The molecule has 0 radical (unpaired) electrons. The maximum absolute atomic E-state index is 4.21. The second-order valence-electron chi connectivity index (χ2n) is 2.43. The lowest BCUT2D eigenvalue weighted by Crippen LogP contribution is -1.79. The Morgan fingerprint density at radius 3 is 2.83 bits per heavy atom. The monoisotopic (exact) mass is 193 g/mol. The van der Waals surface area contributed by atoms with E-state index in [1.807, 2.05) is 18.2 Å². The average molecular weight is 193 g/mol. The first-order valence-electron chi connectivity index (χ1n) is 3.57. The Morgan fingerprint density at radius 2 is 2.00 bits per heavy atom. The van der Waals surface area contributed by atoms with Gasteiger partial charge in [-0.15, -0.1) is 11.7 Å². The lowest BCUT2D eigenvalue weighted by atomic mass is 10.2. The van der Waals surface area contributed by atoms with Crippen LogP contribution in [0.15, 0.2) is 41.6 Å². The quantitative estimate of drug-likeness (QED) is 0.552. The van der Waals surface area contributed by atoms with Crippen LogP contribution >= 0.6 is 22.5 Å². The number of nitrogens with zero attached hydrogens (tertiary/aromatic N) is 1. The van der Waals surface area contributed by atoms with Crippen LogP contribution in [0.2, 0.25) is 0 Å². The molecule has 60 valence electrons. The van der Waals surface area contributed by atoms with Crippen LogP contribution in [-0.4, -0.2) is 4.98 Å². The Balaban J connectivity index is 2.79. The Hall–Kier alpha value is -0.670. The number of pyridine rings is 1. The van der Waals surface area contributed by atoms with Crippen molar-refractivity contribution in [2.45, 2.75) is 5.03 Å². The van der Waals surface area contributed by atoms with Gasteiger partial charge in [-0.1, -0.05) is 24.3 Å². The second kappa shape index (κ2) is 3.37. The minimum absolute atomic E-state index is 0.969. The molecule has 1 aromatic carbocycles. The third-order valence-electron chi connectivity index (χ3n) is 1.72. The first kappa shape index (κ1) is 7.95. The van der Waals surface area contributed by atoms with Gasteiger partial charge in [0.15, 0.2) is 0 Å². The van der Waals surface area contributed by atoms with Gasteiger partial charge in [0, 0.05) is 11.6 Å². The summed E-state index contributed by atoms with van der Waals surface area (Å²) in [6, 6.07) is 10.2. The Bertz CT molecular complexity index is 395. The number of hydrogen-bond donors (Lipinski definition) is 1. The van der Waals surface area contributed by atoms with Crippen molar-refractivity contribution < 1.29 is 0 Å². The molecule has 12 heavy (non-hydrogen) atoms. The van der Waals surface area contributed by atoms with Gasteiger partial charge in [0.05, 0.1) is 0 Å². The molecule has 0 atom stereocenters. The molecule has 0 spiro atoms. The standard InChI is InChI=1S/C9H7NS2/c11-12-9-8-4-2-1-3-7(8)5-6-10-9/h1-6,11H. The van der Waals surface area contributed by atoms with E-state index in [1.165, 1.54) is 21.6 Å². The largest absolute Gasteiger partial charge is 0.248 e. The molecule has 0 saturated carbocycles. The number of rotatable bonds is 1. The Kier molecular flexibility index (Phi) is 2.23. The fourth-order valence-corrected chi connectivity index (χ4v) is 1.99. The lowest BCUT2D eigenvalue weighted by molar-refractivity contribution is 1.18. The fourth-order valence-electron chi connectivity index (χ4n) is 1.16. The second-order valence-corrected chi connectivity index (χ2v) is 3.55. The fraction of sp³-hybridized carbons (Fsp3) is 0. The predicted molar refractivity (Wildman–Crippen MR) is 56.6 cm³/mol. The zero-order valence-electron chi connectivity index (χ0n) is 6.27. The Morgan fingerprint density at radius 1 is 1.17 bits per heavy atom. The molecule has 1 nitrogen and oxygen atoms in total. The average Bonchev–Trinajstić information content (AvgIpc) is 2.17. The molecule has 0 fully saturated rings. The van der Waals surface area contributed by atoms with E-state index in [2.05, 4.69) is 28.8 Å². The summed E-state index contributed by atoms with van der Waals surface area (Å²) in [5, 5.41) is 3.35. The highest BCUT2D eigenvalue weighted by molar-refractivity contribution is 8.68. The van der Waals surface area contributed by atoms with Crippen LogP contribution in [0.4, 0.5) is 0 Å². The van der Waals surface area contributed by atoms with Gasteiger partial charge < -0.3 is 0 Å². The van der Waals surface area contributed by atoms with E-state index in [1.54, 1.807) is 6.20 Å². The van der Waals surface area contributed by atoms with Crippen LogP contribution in [0.1, 0.15) is 0 Å². The van der Waals surface area contributed by atoms with Gasteiger partial charge in [0.25, 0.3) is 0 Å². The van der Waals surface area contributed by atoms with Crippen molar-refractivity contribution in [1.29, 1.82) is 0 Å². The molecule has 1 heterocycles. The number of thiol groups is 1. The van der Waals surface area contributed by atoms with E-state index >= 15 is 0 Å². The van der Waals surface area contributed by atoms with Gasteiger partial charge in [-0.25, -0.2) is 4.98 Å². The maximum atomic E-state index is 4.21. The molecular formula is C9H7NS2. The molecule has 3 heteroatoms. The van der Waals surface area contributed by atoms with E-state index < -0.39 is 0 Å². The van der Waals surface area contributed by atoms with Crippen molar-refractivity contribution in [3.63, 3.8) is 0 Å². The molecule has 0 amide bonds. The zero-order chi connectivity index (χ0) is 8.39. The minimum Gasteiger partial charge on any atom is -0.248 e. The number of aromatic nitrogens is 1. The van der Waals surface area contributed by atoms with E-state index in [4.69, 9.17) is 0 Å². The molecule has 0 aliphatic rings. The smallest absolute Gasteiger partial charge is 0.114 e. The molecule has 0 saturated heterocycles. The molecule has 1 aromatic heterocycles. The highest BCUT2D eigenvalue weighted by Gasteiger charge is 1.98. The molecule has 0 bridgehead atoms. The molecule has 0 aliphatic heterocycles. The summed E-state index contributed by atoms with van der Waals surface area (Å²) in [5.41, 5.74) is 0. The summed E-state index contributed by atoms with van der Waals surface area (Å²) in [7, 11) is 1.38. The van der Waals surface area contributed by atoms with Crippen LogP contribution in [-0.2, 0) is 0 Å². The van der Waals surface area contributed by atoms with Crippen LogP contribution in [0.5, 0.6) is 0 Å². The number of fused-ring (bicyclic) bond motifs is 1. The van der Waals surface area contributed by atoms with Gasteiger partial charge in [0.1, 0.15) is 5.03 Å². The van der Waals surface area contributed by atoms with Gasteiger partial charge in [-0.3, -0.25) is 0 Å². The minimum atomic E-state index is 0.969. The summed E-state index contributed by atoms with van der Waals surface area (Å²) >= 11 is 4.14. The van der Waals surface area contributed by atoms with Gasteiger partial charge >= 0.3 is 0 Å². The number of hydrogen-bond acceptors (Lipinski definition) is 3. The SMILES string of the molecule is SSc1nccc2ccccc12. The molecule has 2 aromatic rings. The van der Waals surface area contributed by atoms with E-state index in [9.17, 15) is 0 Å². The van der Waals surface area contributed by atoms with E-state index in [0.717, 1.165) is 5.03 Å². The molecule has 0 aliphatic carbocycles. The van der Waals surface area contributed by atoms with Crippen molar-refractivity contribution in [1.82, 2.24) is 4.98 Å². The third kappa shape index (κ3) is 1.30. The van der Waals surface area contributed by atoms with Crippen molar-refractivity contribution in [3.8, 4) is 0 Å². The highest BCUT2D eigenvalue weighted by Crippen LogP contribution is 2.27.